The van der Waals surface area contributed by atoms with Crippen molar-refractivity contribution >= 4 is 11.7 Å². The minimum atomic E-state index is -0.910. The van der Waals surface area contributed by atoms with Crippen LogP contribution in [0.4, 0.5) is 10.5 Å². The van der Waals surface area contributed by atoms with E-state index in [1.165, 1.54) is 23.5 Å². The molecule has 0 saturated heterocycles. The van der Waals surface area contributed by atoms with E-state index < -0.39 is 5.60 Å². The van der Waals surface area contributed by atoms with E-state index in [4.69, 9.17) is 0 Å². The number of pyridine rings is 1. The van der Waals surface area contributed by atoms with E-state index in [1.54, 1.807) is 19.1 Å². The maximum Gasteiger partial charge on any atom is 0.319 e. The molecule has 0 bridgehead atoms. The van der Waals surface area contributed by atoms with Gasteiger partial charge in [-0.1, -0.05) is 6.92 Å². The lowest BCUT2D eigenvalue weighted by Crippen LogP contribution is -2.41. The van der Waals surface area contributed by atoms with Crippen molar-refractivity contribution in [1.82, 2.24) is 25.1 Å². The molecule has 21 heavy (non-hydrogen) atoms. The molecule has 112 valence electrons. The first-order valence-corrected chi connectivity index (χ1v) is 6.58. The second-order valence-corrected chi connectivity index (χ2v) is 4.90. The average molecular weight is 290 g/mol. The standard InChI is InChI=1S/C13H18N6O2/c1-3-13(2,21)7-16-12(20)18-10-4-5-11(15-6-10)19-9-14-8-17-19/h4-6,8-9,21H,3,7H2,1-2H3,(H2,16,18,20). The molecule has 0 aliphatic rings. The lowest BCUT2D eigenvalue weighted by molar-refractivity contribution is 0.0587. The van der Waals surface area contributed by atoms with Crippen LogP contribution in [0.2, 0.25) is 0 Å². The Hall–Kier alpha value is -2.48. The number of anilines is 1. The normalized spacial score (nSPS) is 13.5. The molecule has 0 aliphatic carbocycles. The molecule has 0 fully saturated rings. The highest BCUT2D eigenvalue weighted by atomic mass is 16.3. The van der Waals surface area contributed by atoms with Gasteiger partial charge in [-0.15, -0.1) is 0 Å². The number of nitrogens with one attached hydrogen (secondary N) is 2. The van der Waals surface area contributed by atoms with Gasteiger partial charge in [-0.05, 0) is 25.5 Å². The summed E-state index contributed by atoms with van der Waals surface area (Å²) in [6.45, 7) is 3.70. The van der Waals surface area contributed by atoms with Crippen LogP contribution in [0.15, 0.2) is 31.0 Å². The third kappa shape index (κ3) is 4.25. The first-order chi connectivity index (χ1) is 10.00. The largest absolute Gasteiger partial charge is 0.388 e. The van der Waals surface area contributed by atoms with Crippen LogP contribution in [-0.4, -0.2) is 43.0 Å². The molecule has 1 atom stereocenters. The third-order valence-electron chi connectivity index (χ3n) is 3.05. The zero-order valence-electron chi connectivity index (χ0n) is 11.9. The van der Waals surface area contributed by atoms with Crippen molar-refractivity contribution in [3.8, 4) is 5.82 Å². The van der Waals surface area contributed by atoms with Crippen LogP contribution in [0, 0.1) is 0 Å². The molecule has 0 saturated carbocycles. The van der Waals surface area contributed by atoms with Gasteiger partial charge in [0.05, 0.1) is 17.5 Å². The van der Waals surface area contributed by atoms with Crippen molar-refractivity contribution in [2.75, 3.05) is 11.9 Å². The molecule has 2 amide bonds. The Bertz CT molecular complexity index is 579. The van der Waals surface area contributed by atoms with E-state index in [0.717, 1.165) is 0 Å². The summed E-state index contributed by atoms with van der Waals surface area (Å²) < 4.78 is 1.52. The van der Waals surface area contributed by atoms with E-state index in [-0.39, 0.29) is 12.6 Å². The summed E-state index contributed by atoms with van der Waals surface area (Å²) in [5.74, 6) is 0.604. The Morgan fingerprint density at radius 2 is 2.29 bits per heavy atom. The second-order valence-electron chi connectivity index (χ2n) is 4.90. The summed E-state index contributed by atoms with van der Waals surface area (Å²) in [6.07, 6.45) is 5.03. The van der Waals surface area contributed by atoms with Gasteiger partial charge in [-0.25, -0.2) is 19.4 Å². The van der Waals surface area contributed by atoms with Crippen LogP contribution in [0.1, 0.15) is 20.3 Å². The lowest BCUT2D eigenvalue weighted by atomic mass is 10.0. The number of hydrogen-bond acceptors (Lipinski definition) is 5. The van der Waals surface area contributed by atoms with Gasteiger partial charge < -0.3 is 15.7 Å². The number of carbonyl (C=O) groups excluding carboxylic acids is 1. The van der Waals surface area contributed by atoms with E-state index in [2.05, 4.69) is 25.7 Å². The number of nitrogens with zero attached hydrogens (tertiary/aromatic N) is 4. The Balaban J connectivity index is 1.90. The van der Waals surface area contributed by atoms with Gasteiger partial charge in [-0.3, -0.25) is 0 Å². The molecule has 0 spiro atoms. The Morgan fingerprint density at radius 3 is 2.86 bits per heavy atom. The smallest absolute Gasteiger partial charge is 0.319 e. The highest BCUT2D eigenvalue weighted by Crippen LogP contribution is 2.09. The van der Waals surface area contributed by atoms with Crippen LogP contribution >= 0.6 is 0 Å². The van der Waals surface area contributed by atoms with Crippen molar-refractivity contribution in [3.63, 3.8) is 0 Å². The number of rotatable bonds is 5. The van der Waals surface area contributed by atoms with Crippen LogP contribution in [0.5, 0.6) is 0 Å². The van der Waals surface area contributed by atoms with Crippen molar-refractivity contribution in [3.05, 3.63) is 31.0 Å². The molecule has 0 aromatic carbocycles. The molecule has 8 nitrogen and oxygen atoms in total. The van der Waals surface area contributed by atoms with E-state index >= 15 is 0 Å². The number of aromatic nitrogens is 4. The molecular formula is C13H18N6O2. The van der Waals surface area contributed by atoms with Crippen LogP contribution in [0.25, 0.3) is 5.82 Å². The number of urea groups is 1. The molecule has 2 heterocycles. The highest BCUT2D eigenvalue weighted by Gasteiger charge is 2.18. The van der Waals surface area contributed by atoms with E-state index in [1.807, 2.05) is 6.92 Å². The molecule has 0 aliphatic heterocycles. The van der Waals surface area contributed by atoms with Crippen molar-refractivity contribution < 1.29 is 9.90 Å². The van der Waals surface area contributed by atoms with Crippen molar-refractivity contribution in [1.29, 1.82) is 0 Å². The number of hydrogen-bond donors (Lipinski definition) is 3. The molecule has 1 unspecified atom stereocenters. The monoisotopic (exact) mass is 290 g/mol. The fourth-order valence-electron chi connectivity index (χ4n) is 1.49. The third-order valence-corrected chi connectivity index (χ3v) is 3.05. The van der Waals surface area contributed by atoms with Crippen LogP contribution in [-0.2, 0) is 0 Å². The summed E-state index contributed by atoms with van der Waals surface area (Å²) in [5, 5.41) is 19.0. The van der Waals surface area contributed by atoms with Gasteiger partial charge in [0.15, 0.2) is 5.82 Å². The first kappa shape index (κ1) is 14.9. The van der Waals surface area contributed by atoms with E-state index in [9.17, 15) is 9.90 Å². The lowest BCUT2D eigenvalue weighted by Gasteiger charge is -2.21. The number of carbonyl (C=O) groups is 1. The Labute approximate surface area is 122 Å². The van der Waals surface area contributed by atoms with Crippen molar-refractivity contribution in [2.24, 2.45) is 0 Å². The van der Waals surface area contributed by atoms with Gasteiger partial charge >= 0.3 is 6.03 Å². The predicted octanol–water partition coefficient (Wildman–Crippen LogP) is 0.945. The first-order valence-electron chi connectivity index (χ1n) is 6.58. The van der Waals surface area contributed by atoms with Gasteiger partial charge in [0.1, 0.15) is 12.7 Å². The quantitative estimate of drug-likeness (QED) is 0.760. The molecule has 2 aromatic rings. The molecular weight excluding hydrogens is 272 g/mol. The maximum absolute atomic E-state index is 11.7. The summed E-state index contributed by atoms with van der Waals surface area (Å²) >= 11 is 0. The number of amides is 2. The second kappa shape index (κ2) is 6.31. The summed E-state index contributed by atoms with van der Waals surface area (Å²) in [5.41, 5.74) is -0.362. The highest BCUT2D eigenvalue weighted by molar-refractivity contribution is 5.89. The Kier molecular flexibility index (Phi) is 4.49. The van der Waals surface area contributed by atoms with Gasteiger partial charge in [0.2, 0.25) is 0 Å². The minimum Gasteiger partial charge on any atom is -0.388 e. The van der Waals surface area contributed by atoms with E-state index in [0.29, 0.717) is 17.9 Å². The minimum absolute atomic E-state index is 0.180. The molecule has 0 radical (unpaired) electrons. The fraction of sp³-hybridized carbons (Fsp3) is 0.385. The van der Waals surface area contributed by atoms with Crippen LogP contribution < -0.4 is 10.6 Å². The van der Waals surface area contributed by atoms with Gasteiger partial charge in [-0.2, -0.15) is 5.10 Å². The summed E-state index contributed by atoms with van der Waals surface area (Å²) in [4.78, 5) is 19.7. The van der Waals surface area contributed by atoms with Crippen molar-refractivity contribution in [2.45, 2.75) is 25.9 Å². The zero-order chi connectivity index (χ0) is 15.3. The molecule has 2 aromatic heterocycles. The topological polar surface area (TPSA) is 105 Å². The fourth-order valence-corrected chi connectivity index (χ4v) is 1.49. The van der Waals surface area contributed by atoms with Gasteiger partial charge in [0, 0.05) is 6.54 Å². The van der Waals surface area contributed by atoms with Crippen LogP contribution in [0.3, 0.4) is 0 Å². The average Bonchev–Trinajstić information content (AvgIpc) is 3.00. The Morgan fingerprint density at radius 1 is 1.48 bits per heavy atom. The molecule has 3 N–H and O–H groups in total. The number of aliphatic hydroxyl groups is 1. The molecule has 8 heteroatoms. The van der Waals surface area contributed by atoms with Gasteiger partial charge in [0.25, 0.3) is 0 Å². The predicted molar refractivity (Wildman–Crippen MR) is 77.1 cm³/mol. The molecule has 2 rings (SSSR count). The maximum atomic E-state index is 11.7. The SMILES string of the molecule is CCC(C)(O)CNC(=O)Nc1ccc(-n2cncn2)nc1. The summed E-state index contributed by atoms with van der Waals surface area (Å²) in [6, 6.07) is 3.03. The summed E-state index contributed by atoms with van der Waals surface area (Å²) in [7, 11) is 0. The zero-order valence-corrected chi connectivity index (χ0v) is 11.9.